The normalized spacial score (nSPS) is 16.4. The van der Waals surface area contributed by atoms with Crippen molar-refractivity contribution in [1.29, 1.82) is 0 Å². The number of anilines is 2. The summed E-state index contributed by atoms with van der Waals surface area (Å²) in [7, 11) is -3.85. The molecule has 2 heterocycles. The lowest BCUT2D eigenvalue weighted by molar-refractivity contribution is -0.118. The smallest absolute Gasteiger partial charge is 0.339 e. The zero-order valence-corrected chi connectivity index (χ0v) is 18.6. The van der Waals surface area contributed by atoms with Gasteiger partial charge in [-0.15, -0.1) is 0 Å². The van der Waals surface area contributed by atoms with E-state index in [4.69, 9.17) is 14.2 Å². The van der Waals surface area contributed by atoms with Crippen LogP contribution in [0.2, 0.25) is 0 Å². The van der Waals surface area contributed by atoms with Crippen LogP contribution in [0.1, 0.15) is 28.4 Å². The Balaban J connectivity index is 1.22. The van der Waals surface area contributed by atoms with E-state index in [1.807, 2.05) is 0 Å². The monoisotopic (exact) mass is 480 g/mol. The molecule has 1 amide bonds. The van der Waals surface area contributed by atoms with E-state index in [1.54, 1.807) is 42.5 Å². The number of hydrogen-bond acceptors (Lipinski definition) is 7. The first kappa shape index (κ1) is 21.8. The first-order chi connectivity index (χ1) is 16.4. The van der Waals surface area contributed by atoms with E-state index in [0.717, 1.165) is 0 Å². The molecule has 3 aromatic carbocycles. The molecule has 9 nitrogen and oxygen atoms in total. The molecule has 0 aromatic heterocycles. The summed E-state index contributed by atoms with van der Waals surface area (Å²) in [5.41, 5.74) is 1.96. The van der Waals surface area contributed by atoms with Crippen molar-refractivity contribution in [3.05, 3.63) is 77.9 Å². The number of ether oxygens (including phenoxy) is 3. The second-order valence-corrected chi connectivity index (χ2v) is 9.40. The van der Waals surface area contributed by atoms with Gasteiger partial charge in [0.1, 0.15) is 19.3 Å². The fourth-order valence-corrected chi connectivity index (χ4v) is 4.85. The number of sulfonamides is 1. The van der Waals surface area contributed by atoms with Gasteiger partial charge in [-0.1, -0.05) is 18.2 Å². The zero-order chi connectivity index (χ0) is 23.7. The molecule has 0 radical (unpaired) electrons. The lowest BCUT2D eigenvalue weighted by atomic mass is 10.0. The van der Waals surface area contributed by atoms with Crippen molar-refractivity contribution < 1.29 is 32.2 Å². The summed E-state index contributed by atoms with van der Waals surface area (Å²) in [6, 6.07) is 17.6. The van der Waals surface area contributed by atoms with Crippen LogP contribution in [0.3, 0.4) is 0 Å². The van der Waals surface area contributed by atoms with Crippen molar-refractivity contribution in [2.75, 3.05) is 23.3 Å². The number of carbonyl (C=O) groups is 2. The molecule has 0 saturated carbocycles. The highest BCUT2D eigenvalue weighted by atomic mass is 32.2. The Morgan fingerprint density at radius 2 is 1.62 bits per heavy atom. The van der Waals surface area contributed by atoms with Crippen LogP contribution < -0.4 is 19.5 Å². The largest absolute Gasteiger partial charge is 0.486 e. The second kappa shape index (κ2) is 8.71. The third-order valence-corrected chi connectivity index (χ3v) is 6.77. The minimum Gasteiger partial charge on any atom is -0.486 e. The molecule has 0 bridgehead atoms. The van der Waals surface area contributed by atoms with Crippen molar-refractivity contribution in [3.63, 3.8) is 0 Å². The molecule has 3 aromatic rings. The minimum absolute atomic E-state index is 0.0265. The number of hydrogen-bond donors (Lipinski definition) is 2. The van der Waals surface area contributed by atoms with Crippen molar-refractivity contribution in [3.8, 4) is 11.5 Å². The highest BCUT2D eigenvalue weighted by Crippen LogP contribution is 2.34. The number of carbonyl (C=O) groups excluding carboxylic acids is 2. The summed E-state index contributed by atoms with van der Waals surface area (Å²) in [6.07, 6.45) is -0.665. The minimum atomic E-state index is -3.85. The van der Waals surface area contributed by atoms with Gasteiger partial charge in [0, 0.05) is 23.0 Å². The Bertz CT molecular complexity index is 1370. The number of benzene rings is 3. The van der Waals surface area contributed by atoms with Crippen LogP contribution in [0.4, 0.5) is 11.4 Å². The van der Waals surface area contributed by atoms with Gasteiger partial charge in [0.25, 0.3) is 10.0 Å². The topological polar surface area (TPSA) is 120 Å². The van der Waals surface area contributed by atoms with Gasteiger partial charge in [-0.25, -0.2) is 13.2 Å². The molecule has 34 heavy (non-hydrogen) atoms. The molecule has 0 aliphatic carbocycles. The van der Waals surface area contributed by atoms with Gasteiger partial charge in [0.15, 0.2) is 11.5 Å². The van der Waals surface area contributed by atoms with Gasteiger partial charge < -0.3 is 19.5 Å². The molecule has 1 atom stereocenters. The summed E-state index contributed by atoms with van der Waals surface area (Å²) in [5, 5.41) is 2.73. The molecule has 10 heteroatoms. The summed E-state index contributed by atoms with van der Waals surface area (Å²) in [4.78, 5) is 24.4. The maximum Gasteiger partial charge on any atom is 0.339 e. The SMILES string of the molecule is O=C(C[C@@H]1OC(=O)c2ccccc21)Nc1ccc(NS(=O)(=O)c2ccc3c(c2)OCCO3)cc1. The van der Waals surface area contributed by atoms with E-state index in [1.165, 1.54) is 24.3 Å². The molecule has 0 saturated heterocycles. The van der Waals surface area contributed by atoms with Crippen LogP contribution in [0.15, 0.2) is 71.6 Å². The second-order valence-electron chi connectivity index (χ2n) is 7.72. The Morgan fingerprint density at radius 1 is 0.912 bits per heavy atom. The number of rotatable bonds is 6. The maximum absolute atomic E-state index is 12.8. The molecule has 2 aliphatic heterocycles. The summed E-state index contributed by atoms with van der Waals surface area (Å²) in [6.45, 7) is 0.770. The van der Waals surface area contributed by atoms with Crippen molar-refractivity contribution in [1.82, 2.24) is 0 Å². The fourth-order valence-electron chi connectivity index (χ4n) is 3.78. The molecule has 0 unspecified atom stereocenters. The Kier molecular flexibility index (Phi) is 5.58. The standard InChI is InChI=1S/C24H20N2O7S/c27-23(14-21-18-3-1-2-4-19(18)24(28)33-21)25-15-5-7-16(8-6-15)26-34(29,30)17-9-10-20-22(13-17)32-12-11-31-20/h1-10,13,21,26H,11-12,14H2,(H,25,27)/t21-/m0/s1. The van der Waals surface area contributed by atoms with E-state index in [2.05, 4.69) is 10.0 Å². The van der Waals surface area contributed by atoms with Gasteiger partial charge in [-0.3, -0.25) is 9.52 Å². The van der Waals surface area contributed by atoms with Gasteiger partial charge in [-0.05, 0) is 42.5 Å². The van der Waals surface area contributed by atoms with E-state index < -0.39 is 22.1 Å². The van der Waals surface area contributed by atoms with Gasteiger partial charge in [0.05, 0.1) is 16.9 Å². The molecule has 174 valence electrons. The van der Waals surface area contributed by atoms with Crippen molar-refractivity contribution in [2.24, 2.45) is 0 Å². The van der Waals surface area contributed by atoms with Crippen LogP contribution in [0.5, 0.6) is 11.5 Å². The predicted molar refractivity (Wildman–Crippen MR) is 123 cm³/mol. The summed E-state index contributed by atoms with van der Waals surface area (Å²) >= 11 is 0. The average molecular weight is 480 g/mol. The molecule has 2 aliphatic rings. The highest BCUT2D eigenvalue weighted by Gasteiger charge is 2.32. The lowest BCUT2D eigenvalue weighted by Gasteiger charge is -2.19. The summed E-state index contributed by atoms with van der Waals surface area (Å²) < 4.78 is 44.2. The number of esters is 1. The van der Waals surface area contributed by atoms with E-state index in [9.17, 15) is 18.0 Å². The maximum atomic E-state index is 12.8. The van der Waals surface area contributed by atoms with Crippen LogP contribution in [0.25, 0.3) is 0 Å². The van der Waals surface area contributed by atoms with Crippen LogP contribution in [-0.2, 0) is 19.6 Å². The summed E-state index contributed by atoms with van der Waals surface area (Å²) in [5.74, 6) is 0.103. The Morgan fingerprint density at radius 3 is 2.41 bits per heavy atom. The average Bonchev–Trinajstić information content (AvgIpc) is 3.15. The van der Waals surface area contributed by atoms with Crippen LogP contribution in [0, 0.1) is 0 Å². The predicted octanol–water partition coefficient (Wildman–Crippen LogP) is 3.50. The third-order valence-electron chi connectivity index (χ3n) is 5.39. The number of cyclic esters (lactones) is 1. The van der Waals surface area contributed by atoms with Gasteiger partial charge in [-0.2, -0.15) is 0 Å². The van der Waals surface area contributed by atoms with E-state index in [0.29, 0.717) is 47.2 Å². The number of amides is 1. The van der Waals surface area contributed by atoms with Gasteiger partial charge >= 0.3 is 5.97 Å². The van der Waals surface area contributed by atoms with Crippen LogP contribution in [-0.4, -0.2) is 33.5 Å². The first-order valence-electron chi connectivity index (χ1n) is 10.5. The molecular weight excluding hydrogens is 460 g/mol. The lowest BCUT2D eigenvalue weighted by Crippen LogP contribution is -2.17. The molecular formula is C24H20N2O7S. The van der Waals surface area contributed by atoms with Gasteiger partial charge in [0.2, 0.25) is 5.91 Å². The molecule has 2 N–H and O–H groups in total. The van der Waals surface area contributed by atoms with E-state index >= 15 is 0 Å². The third kappa shape index (κ3) is 4.40. The molecule has 0 spiro atoms. The Labute approximate surface area is 195 Å². The number of nitrogens with one attached hydrogen (secondary N) is 2. The highest BCUT2D eigenvalue weighted by molar-refractivity contribution is 7.92. The Hall–Kier alpha value is -4.05. The van der Waals surface area contributed by atoms with Crippen molar-refractivity contribution in [2.45, 2.75) is 17.4 Å². The molecule has 0 fully saturated rings. The van der Waals surface area contributed by atoms with Crippen molar-refractivity contribution >= 4 is 33.3 Å². The van der Waals surface area contributed by atoms with E-state index in [-0.39, 0.29) is 17.2 Å². The fraction of sp³-hybridized carbons (Fsp3) is 0.167. The van der Waals surface area contributed by atoms with Crippen LogP contribution >= 0.6 is 0 Å². The number of fused-ring (bicyclic) bond motifs is 2. The quantitative estimate of drug-likeness (QED) is 0.518. The first-order valence-corrected chi connectivity index (χ1v) is 12.0. The molecule has 5 rings (SSSR count). The zero-order valence-electron chi connectivity index (χ0n) is 17.8.